The van der Waals surface area contributed by atoms with E-state index in [1.165, 1.54) is 0 Å². The highest BCUT2D eigenvalue weighted by molar-refractivity contribution is 5.87. The Balaban J connectivity index is 1.54. The lowest BCUT2D eigenvalue weighted by molar-refractivity contribution is -0.139. The molecule has 0 heterocycles. The van der Waals surface area contributed by atoms with Gasteiger partial charge in [-0.15, -0.1) is 0 Å². The lowest BCUT2D eigenvalue weighted by Crippen LogP contribution is -2.06. The van der Waals surface area contributed by atoms with Gasteiger partial charge in [0.05, 0.1) is 26.4 Å². The Morgan fingerprint density at radius 1 is 0.578 bits per heavy atom. The van der Waals surface area contributed by atoms with Crippen molar-refractivity contribution < 1.29 is 28.5 Å². The van der Waals surface area contributed by atoms with E-state index in [4.69, 9.17) is 18.9 Å². The fourth-order valence-electron chi connectivity index (χ4n) is 4.58. The van der Waals surface area contributed by atoms with Gasteiger partial charge in [-0.2, -0.15) is 0 Å². The van der Waals surface area contributed by atoms with Gasteiger partial charge in [0.2, 0.25) is 0 Å². The summed E-state index contributed by atoms with van der Waals surface area (Å²) in [5.74, 6) is 1.24. The zero-order valence-corrected chi connectivity index (χ0v) is 27.9. The van der Waals surface area contributed by atoms with E-state index in [1.54, 1.807) is 13.8 Å². The van der Waals surface area contributed by atoms with Crippen molar-refractivity contribution >= 4 is 24.1 Å². The summed E-state index contributed by atoms with van der Waals surface area (Å²) in [5.41, 5.74) is 4.31. The van der Waals surface area contributed by atoms with Crippen molar-refractivity contribution in [3.05, 3.63) is 83.5 Å². The molecule has 0 aromatic heterocycles. The van der Waals surface area contributed by atoms with E-state index >= 15 is 0 Å². The molecule has 0 bridgehead atoms. The number of hydrogen-bond acceptors (Lipinski definition) is 6. The Morgan fingerprint density at radius 2 is 1.00 bits per heavy atom. The van der Waals surface area contributed by atoms with Crippen LogP contribution in [0.5, 0.6) is 11.5 Å². The molecular formula is C39H54O6. The number of benzene rings is 2. The second-order valence-electron chi connectivity index (χ2n) is 11.7. The second-order valence-corrected chi connectivity index (χ2v) is 11.7. The molecule has 0 unspecified atom stereocenters. The van der Waals surface area contributed by atoms with Crippen molar-refractivity contribution in [2.45, 2.75) is 97.8 Å². The summed E-state index contributed by atoms with van der Waals surface area (Å²) < 4.78 is 22.2. The molecule has 6 heteroatoms. The van der Waals surface area contributed by atoms with Crippen LogP contribution >= 0.6 is 0 Å². The van der Waals surface area contributed by atoms with Crippen LogP contribution in [0, 0.1) is 6.92 Å². The standard InChI is InChI=1S/C39H54O6/c1-31(2)38(40)44-28-16-12-8-6-10-14-26-42-36-23-20-34(21-24-36)18-19-35-22-25-37(33(5)30-35)43-27-15-11-7-9-13-17-29-45-39(41)32(3)4/h18-25,30H,1,3,6-17,26-29H2,2,4-5H3/b19-18+. The van der Waals surface area contributed by atoms with Gasteiger partial charge in [-0.3, -0.25) is 0 Å². The second kappa shape index (κ2) is 22.7. The van der Waals surface area contributed by atoms with E-state index in [0.29, 0.717) is 24.4 Å². The van der Waals surface area contributed by atoms with Gasteiger partial charge < -0.3 is 18.9 Å². The zero-order valence-electron chi connectivity index (χ0n) is 27.9. The average molecular weight is 619 g/mol. The van der Waals surface area contributed by atoms with Gasteiger partial charge in [0.1, 0.15) is 11.5 Å². The molecule has 6 nitrogen and oxygen atoms in total. The number of carbonyl (C=O) groups excluding carboxylic acids is 2. The summed E-state index contributed by atoms with van der Waals surface area (Å²) in [6.07, 6.45) is 17.1. The first-order valence-corrected chi connectivity index (χ1v) is 16.6. The Hall–Kier alpha value is -3.80. The van der Waals surface area contributed by atoms with E-state index in [1.807, 2.05) is 12.1 Å². The van der Waals surface area contributed by atoms with Gasteiger partial charge in [-0.25, -0.2) is 9.59 Å². The maximum atomic E-state index is 11.3. The van der Waals surface area contributed by atoms with Crippen molar-refractivity contribution in [3.8, 4) is 11.5 Å². The number of rotatable bonds is 24. The molecule has 0 radical (unpaired) electrons. The molecule has 0 saturated carbocycles. The molecule has 0 spiro atoms. The third-order valence-electron chi connectivity index (χ3n) is 7.31. The third-order valence-corrected chi connectivity index (χ3v) is 7.31. The van der Waals surface area contributed by atoms with Crippen LogP contribution in [-0.2, 0) is 19.1 Å². The summed E-state index contributed by atoms with van der Waals surface area (Å²) in [6.45, 7) is 15.0. The van der Waals surface area contributed by atoms with Gasteiger partial charge in [0, 0.05) is 11.1 Å². The topological polar surface area (TPSA) is 71.1 Å². The molecule has 2 rings (SSSR count). The predicted octanol–water partition coefficient (Wildman–Crippen LogP) is 9.84. The van der Waals surface area contributed by atoms with Crippen LogP contribution in [0.3, 0.4) is 0 Å². The molecule has 0 saturated heterocycles. The maximum Gasteiger partial charge on any atom is 0.333 e. The Morgan fingerprint density at radius 3 is 1.49 bits per heavy atom. The minimum atomic E-state index is -0.299. The predicted molar refractivity (Wildman–Crippen MR) is 184 cm³/mol. The molecule has 45 heavy (non-hydrogen) atoms. The molecule has 0 N–H and O–H groups in total. The number of hydrogen-bond donors (Lipinski definition) is 0. The highest BCUT2D eigenvalue weighted by Crippen LogP contribution is 2.22. The monoisotopic (exact) mass is 618 g/mol. The van der Waals surface area contributed by atoms with Crippen molar-refractivity contribution in [2.24, 2.45) is 0 Å². The van der Waals surface area contributed by atoms with Crippen LogP contribution in [0.25, 0.3) is 12.2 Å². The molecule has 0 aliphatic carbocycles. The minimum absolute atomic E-state index is 0.299. The first kappa shape index (κ1) is 37.4. The first-order chi connectivity index (χ1) is 21.8. The summed E-state index contributed by atoms with van der Waals surface area (Å²) in [4.78, 5) is 22.7. The van der Waals surface area contributed by atoms with Gasteiger partial charge >= 0.3 is 11.9 Å². The molecule has 2 aromatic carbocycles. The van der Waals surface area contributed by atoms with E-state index in [2.05, 4.69) is 62.6 Å². The summed E-state index contributed by atoms with van der Waals surface area (Å²) in [5, 5.41) is 0. The molecule has 0 amide bonds. The number of esters is 2. The van der Waals surface area contributed by atoms with Crippen LogP contribution in [0.2, 0.25) is 0 Å². The van der Waals surface area contributed by atoms with E-state index in [-0.39, 0.29) is 11.9 Å². The lowest BCUT2D eigenvalue weighted by Gasteiger charge is -2.10. The van der Waals surface area contributed by atoms with Crippen LogP contribution in [0.1, 0.15) is 108 Å². The van der Waals surface area contributed by atoms with E-state index in [9.17, 15) is 9.59 Å². The molecule has 0 aliphatic heterocycles. The number of ether oxygens (including phenoxy) is 4. The number of unbranched alkanes of at least 4 members (excludes halogenated alkanes) is 10. The normalized spacial score (nSPS) is 10.9. The molecule has 2 aromatic rings. The SMILES string of the molecule is C=C(C)C(=O)OCCCCCCCCOc1ccc(/C=C/c2ccc(OCCCCCCCCOC(=O)C(=C)C)c(C)c2)cc1. The van der Waals surface area contributed by atoms with Gasteiger partial charge in [0.15, 0.2) is 0 Å². The number of aryl methyl sites for hydroxylation is 1. The van der Waals surface area contributed by atoms with Crippen LogP contribution < -0.4 is 9.47 Å². The van der Waals surface area contributed by atoms with Crippen LogP contribution in [-0.4, -0.2) is 38.4 Å². The fourth-order valence-corrected chi connectivity index (χ4v) is 4.58. The van der Waals surface area contributed by atoms with Crippen molar-refractivity contribution in [2.75, 3.05) is 26.4 Å². The van der Waals surface area contributed by atoms with Crippen LogP contribution in [0.4, 0.5) is 0 Å². The quantitative estimate of drug-likeness (QED) is 0.0505. The Kier molecular flexibility index (Phi) is 18.8. The van der Waals surface area contributed by atoms with E-state index < -0.39 is 0 Å². The smallest absolute Gasteiger partial charge is 0.333 e. The minimum Gasteiger partial charge on any atom is -0.494 e. The Labute approximate surface area is 271 Å². The lowest BCUT2D eigenvalue weighted by atomic mass is 10.1. The summed E-state index contributed by atoms with van der Waals surface area (Å²) in [6, 6.07) is 14.5. The average Bonchev–Trinajstić information content (AvgIpc) is 3.02. The third kappa shape index (κ3) is 17.3. The highest BCUT2D eigenvalue weighted by Gasteiger charge is 2.04. The molecular weight excluding hydrogens is 564 g/mol. The molecule has 0 aliphatic rings. The van der Waals surface area contributed by atoms with E-state index in [0.717, 1.165) is 118 Å². The molecule has 0 atom stereocenters. The summed E-state index contributed by atoms with van der Waals surface area (Å²) >= 11 is 0. The van der Waals surface area contributed by atoms with Crippen molar-refractivity contribution in [1.29, 1.82) is 0 Å². The van der Waals surface area contributed by atoms with Crippen LogP contribution in [0.15, 0.2) is 66.8 Å². The van der Waals surface area contributed by atoms with Crippen molar-refractivity contribution in [3.63, 3.8) is 0 Å². The largest absolute Gasteiger partial charge is 0.494 e. The maximum absolute atomic E-state index is 11.3. The first-order valence-electron chi connectivity index (χ1n) is 16.6. The zero-order chi connectivity index (χ0) is 32.7. The summed E-state index contributed by atoms with van der Waals surface area (Å²) in [7, 11) is 0. The Bertz CT molecular complexity index is 1210. The van der Waals surface area contributed by atoms with Crippen molar-refractivity contribution in [1.82, 2.24) is 0 Å². The van der Waals surface area contributed by atoms with Gasteiger partial charge in [0.25, 0.3) is 0 Å². The number of carbonyl (C=O) groups is 2. The fraction of sp³-hybridized carbons (Fsp3) is 0.487. The molecule has 246 valence electrons. The molecule has 0 fully saturated rings. The highest BCUT2D eigenvalue weighted by atomic mass is 16.5. The van der Waals surface area contributed by atoms with Gasteiger partial charge in [-0.1, -0.05) is 94.9 Å². The van der Waals surface area contributed by atoms with Gasteiger partial charge in [-0.05, 0) is 87.4 Å².